The predicted octanol–water partition coefficient (Wildman–Crippen LogP) is 1.23. The van der Waals surface area contributed by atoms with Crippen LogP contribution >= 0.6 is 0 Å². The first-order chi connectivity index (χ1) is 3.29. The molecule has 1 heterocycles. The van der Waals surface area contributed by atoms with E-state index >= 15 is 0 Å². The van der Waals surface area contributed by atoms with Crippen LogP contribution in [0.25, 0.3) is 0 Å². The van der Waals surface area contributed by atoms with Crippen molar-refractivity contribution in [2.24, 2.45) is 0 Å². The summed E-state index contributed by atoms with van der Waals surface area (Å²) < 4.78 is 4.96. The molecule has 0 radical (unpaired) electrons. The van der Waals surface area contributed by atoms with Gasteiger partial charge in [-0.05, 0) is 0 Å². The fraction of sp³-hybridized carbons (Fsp3) is 0.400. The van der Waals surface area contributed by atoms with Gasteiger partial charge < -0.3 is 0 Å². The molecule has 0 bridgehead atoms. The van der Waals surface area contributed by atoms with Gasteiger partial charge in [0.25, 0.3) is 0 Å². The number of hydrogen-bond acceptors (Lipinski definition) is 1. The summed E-state index contributed by atoms with van der Waals surface area (Å²) in [4.78, 5) is 0. The summed E-state index contributed by atoms with van der Waals surface area (Å²) in [5.74, 6) is 0. The molecule has 0 N–H and O–H groups in total. The van der Waals surface area contributed by atoms with E-state index in [9.17, 15) is 0 Å². The first-order valence-corrected chi connectivity index (χ1v) is 2.31. The molecular weight excluding hydrogens is 86.9 g/mol. The van der Waals surface area contributed by atoms with Gasteiger partial charge in [-0.2, -0.15) is 0 Å². The Labute approximate surface area is 43.6 Å². The van der Waals surface area contributed by atoms with E-state index in [1.165, 1.54) is 5.46 Å². The van der Waals surface area contributed by atoms with E-state index in [2.05, 4.69) is 0 Å². The van der Waals surface area contributed by atoms with Gasteiger partial charge in [0.05, 0.1) is 0 Å². The zero-order valence-corrected chi connectivity index (χ0v) is 4.56. The van der Waals surface area contributed by atoms with Gasteiger partial charge in [0.1, 0.15) is 0 Å². The van der Waals surface area contributed by atoms with E-state index in [1.54, 1.807) is 6.26 Å². The zero-order chi connectivity index (χ0) is 5.28. The van der Waals surface area contributed by atoms with Crippen LogP contribution in [0.2, 0.25) is 0 Å². The Morgan fingerprint density at radius 2 is 2.29 bits per heavy atom. The summed E-state index contributed by atoms with van der Waals surface area (Å²) in [7, 11) is 0. The van der Waals surface area contributed by atoms with Crippen molar-refractivity contribution in [2.45, 2.75) is 13.8 Å². The van der Waals surface area contributed by atoms with Gasteiger partial charge in [0.15, 0.2) is 0 Å². The number of hydrogen-bond donors (Lipinski definition) is 0. The SMILES string of the molecule is Cc1bc(C)oc1. The van der Waals surface area contributed by atoms with Crippen LogP contribution in [-0.4, -0.2) is 6.91 Å². The monoisotopic (exact) mass is 94.1 g/mol. The molecule has 0 fully saturated rings. The van der Waals surface area contributed by atoms with Crippen LogP contribution in [0.1, 0.15) is 11.1 Å². The van der Waals surface area contributed by atoms with Crippen molar-refractivity contribution in [3.8, 4) is 0 Å². The van der Waals surface area contributed by atoms with Gasteiger partial charge in [-0.1, -0.05) is 0 Å². The van der Waals surface area contributed by atoms with Crippen LogP contribution in [0.4, 0.5) is 0 Å². The zero-order valence-electron chi connectivity index (χ0n) is 4.56. The van der Waals surface area contributed by atoms with E-state index in [-0.39, 0.29) is 0 Å². The Kier molecular flexibility index (Phi) is 1.01. The molecule has 1 aromatic rings. The summed E-state index contributed by atoms with van der Waals surface area (Å²) >= 11 is 0. The molecule has 1 rings (SSSR count). The standard InChI is InChI=1S/C5H7BO/c1-4-3-7-5(2)6-4/h3H,1-2H3. The number of aryl methyl sites for hydroxylation is 2. The van der Waals surface area contributed by atoms with Crippen LogP contribution in [0, 0.1) is 13.8 Å². The van der Waals surface area contributed by atoms with E-state index in [0.717, 1.165) is 5.66 Å². The second-order valence-corrected chi connectivity index (χ2v) is 1.73. The van der Waals surface area contributed by atoms with Gasteiger partial charge in [-0.3, -0.25) is 0 Å². The van der Waals surface area contributed by atoms with Gasteiger partial charge in [0.2, 0.25) is 0 Å². The molecule has 36 valence electrons. The first-order valence-electron chi connectivity index (χ1n) is 2.31. The molecule has 0 saturated heterocycles. The van der Waals surface area contributed by atoms with Crippen LogP contribution < -0.4 is 0 Å². The fourth-order valence-electron chi connectivity index (χ4n) is 0.575. The summed E-state index contributed by atoms with van der Waals surface area (Å²) in [5.41, 5.74) is 2.18. The van der Waals surface area contributed by atoms with Crippen LogP contribution in [0.5, 0.6) is 0 Å². The van der Waals surface area contributed by atoms with Crippen molar-refractivity contribution in [1.29, 1.82) is 0 Å². The Bertz CT molecular complexity index is 140. The third-order valence-electron chi connectivity index (χ3n) is 0.862. The van der Waals surface area contributed by atoms with E-state index in [0.29, 0.717) is 0 Å². The van der Waals surface area contributed by atoms with Crippen LogP contribution in [0.15, 0.2) is 10.7 Å². The van der Waals surface area contributed by atoms with E-state index in [1.807, 2.05) is 20.8 Å². The molecule has 0 aliphatic rings. The normalized spacial score (nSPS) is 8.86. The Hall–Kier alpha value is -0.525. The Morgan fingerprint density at radius 1 is 1.57 bits per heavy atom. The maximum absolute atomic E-state index is 4.96. The summed E-state index contributed by atoms with van der Waals surface area (Å²) in [6.07, 6.45) is 1.75. The average molecular weight is 93.9 g/mol. The van der Waals surface area contributed by atoms with Crippen molar-refractivity contribution in [2.75, 3.05) is 0 Å². The van der Waals surface area contributed by atoms with E-state index < -0.39 is 0 Å². The summed E-state index contributed by atoms with van der Waals surface area (Å²) in [6, 6.07) is 0. The Morgan fingerprint density at radius 3 is 2.43 bits per heavy atom. The second kappa shape index (κ2) is 1.53. The van der Waals surface area contributed by atoms with Crippen molar-refractivity contribution in [3.05, 3.63) is 17.4 Å². The minimum atomic E-state index is 0.984. The van der Waals surface area contributed by atoms with Crippen molar-refractivity contribution < 1.29 is 4.42 Å². The van der Waals surface area contributed by atoms with Gasteiger partial charge in [-0.25, -0.2) is 0 Å². The molecule has 0 atom stereocenters. The fourth-order valence-corrected chi connectivity index (χ4v) is 0.575. The summed E-state index contributed by atoms with van der Waals surface area (Å²) in [6.45, 7) is 5.95. The van der Waals surface area contributed by atoms with Gasteiger partial charge in [0, 0.05) is 0 Å². The molecule has 1 aromatic heterocycles. The molecule has 0 amide bonds. The maximum atomic E-state index is 4.96. The van der Waals surface area contributed by atoms with Crippen molar-refractivity contribution >= 4 is 6.91 Å². The first kappa shape index (κ1) is 4.63. The predicted molar refractivity (Wildman–Crippen MR) is 29.5 cm³/mol. The van der Waals surface area contributed by atoms with Gasteiger partial charge >= 0.3 is 42.6 Å². The molecule has 0 saturated carbocycles. The van der Waals surface area contributed by atoms with Crippen LogP contribution in [0.3, 0.4) is 0 Å². The van der Waals surface area contributed by atoms with Crippen LogP contribution in [-0.2, 0) is 0 Å². The molecule has 0 aliphatic carbocycles. The number of rotatable bonds is 0. The third kappa shape index (κ3) is 0.920. The quantitative estimate of drug-likeness (QED) is 0.471. The third-order valence-corrected chi connectivity index (χ3v) is 0.862. The molecular formula is C5H7BO. The molecule has 0 aromatic carbocycles. The van der Waals surface area contributed by atoms with Crippen molar-refractivity contribution in [3.63, 3.8) is 0 Å². The molecule has 1 nitrogen and oxygen atoms in total. The molecule has 2 heteroatoms. The molecule has 0 aliphatic heterocycles. The Balaban J connectivity index is 3.04. The second-order valence-electron chi connectivity index (χ2n) is 1.73. The topological polar surface area (TPSA) is 13.1 Å². The van der Waals surface area contributed by atoms with Gasteiger partial charge in [-0.15, -0.1) is 0 Å². The molecule has 0 spiro atoms. The molecule has 7 heavy (non-hydrogen) atoms. The van der Waals surface area contributed by atoms with E-state index in [4.69, 9.17) is 4.42 Å². The molecule has 0 unspecified atom stereocenters. The summed E-state index contributed by atoms with van der Waals surface area (Å²) in [5, 5.41) is 0. The van der Waals surface area contributed by atoms with Crippen molar-refractivity contribution in [1.82, 2.24) is 0 Å². The minimum absolute atomic E-state index is 0.984. The average Bonchev–Trinajstić information content (AvgIpc) is 1.87.